The molecule has 0 saturated carbocycles. The minimum Gasteiger partial charge on any atom is -0.371 e. The number of nitrogens with zero attached hydrogens (tertiary/aromatic N) is 8. The van der Waals surface area contributed by atoms with Crippen molar-refractivity contribution in [1.82, 2.24) is 39.8 Å². The van der Waals surface area contributed by atoms with Crippen LogP contribution >= 0.6 is 0 Å². The molecule has 10 rings (SSSR count). The van der Waals surface area contributed by atoms with Crippen LogP contribution in [0.4, 0.5) is 28.8 Å². The Morgan fingerprint density at radius 3 is 2.47 bits per heavy atom. The zero-order chi connectivity index (χ0) is 40.5. The number of carbonyl (C=O) groups excluding carboxylic acids is 4. The summed E-state index contributed by atoms with van der Waals surface area (Å²) in [4.78, 5) is 68.7. The van der Waals surface area contributed by atoms with Crippen molar-refractivity contribution >= 4 is 63.5 Å². The average molecular weight is 794 g/mol. The molecule has 3 aromatic carbocycles. The van der Waals surface area contributed by atoms with Crippen LogP contribution in [0.25, 0.3) is 11.0 Å². The summed E-state index contributed by atoms with van der Waals surface area (Å²) in [6.07, 6.45) is 4.16. The minimum atomic E-state index is -0.962. The predicted molar refractivity (Wildman–Crippen MR) is 223 cm³/mol. The minimum absolute atomic E-state index is 0.101. The molecule has 0 radical (unpaired) electrons. The first kappa shape index (κ1) is 37.1. The van der Waals surface area contributed by atoms with Gasteiger partial charge in [-0.3, -0.25) is 39.2 Å². The molecule has 15 nitrogen and oxygen atoms in total. The third kappa shape index (κ3) is 6.77. The number of aromatic nitrogens is 4. The van der Waals surface area contributed by atoms with E-state index >= 15 is 0 Å². The van der Waals surface area contributed by atoms with Gasteiger partial charge in [0.25, 0.3) is 11.8 Å². The second-order valence-electron chi connectivity index (χ2n) is 16.8. The lowest BCUT2D eigenvalue weighted by Gasteiger charge is -2.47. The fourth-order valence-electron chi connectivity index (χ4n) is 9.58. The van der Waals surface area contributed by atoms with E-state index < -0.39 is 23.8 Å². The van der Waals surface area contributed by atoms with E-state index in [2.05, 4.69) is 85.9 Å². The first-order chi connectivity index (χ1) is 28.6. The number of aryl methyl sites for hydroxylation is 3. The molecule has 5 aromatic rings. The van der Waals surface area contributed by atoms with E-state index in [9.17, 15) is 19.2 Å². The summed E-state index contributed by atoms with van der Waals surface area (Å²) in [5.74, 6) is -0.153. The highest BCUT2D eigenvalue weighted by atomic mass is 16.2. The number of piperidine rings is 1. The van der Waals surface area contributed by atoms with Gasteiger partial charge in [0.05, 0.1) is 16.5 Å². The van der Waals surface area contributed by atoms with E-state index in [1.54, 1.807) is 16.8 Å². The van der Waals surface area contributed by atoms with Gasteiger partial charge in [0.1, 0.15) is 6.04 Å². The number of rotatable bonds is 9. The molecule has 3 saturated heterocycles. The van der Waals surface area contributed by atoms with Crippen molar-refractivity contribution in [2.24, 2.45) is 13.0 Å². The zero-order valence-electron chi connectivity index (χ0n) is 33.5. The molecule has 5 aliphatic heterocycles. The van der Waals surface area contributed by atoms with Gasteiger partial charge in [-0.05, 0) is 91.6 Å². The Hall–Kier alpha value is -6.19. The van der Waals surface area contributed by atoms with E-state index in [4.69, 9.17) is 10.1 Å². The van der Waals surface area contributed by atoms with Gasteiger partial charge < -0.3 is 15.5 Å². The summed E-state index contributed by atoms with van der Waals surface area (Å²) in [5.41, 5.74) is 9.34. The number of para-hydroxylation sites is 1. The summed E-state index contributed by atoms with van der Waals surface area (Å²) < 4.78 is 1.79. The van der Waals surface area contributed by atoms with Crippen molar-refractivity contribution in [3.63, 3.8) is 0 Å². The third-order valence-electron chi connectivity index (χ3n) is 12.9. The molecule has 0 bridgehead atoms. The number of benzene rings is 3. The molecule has 7 heterocycles. The van der Waals surface area contributed by atoms with Crippen molar-refractivity contribution in [3.8, 4) is 0 Å². The molecule has 5 aliphatic rings. The fourth-order valence-corrected chi connectivity index (χ4v) is 9.58. The topological polar surface area (TPSA) is 161 Å². The van der Waals surface area contributed by atoms with Crippen LogP contribution in [-0.2, 0) is 29.6 Å². The Morgan fingerprint density at radius 1 is 0.847 bits per heavy atom. The molecule has 0 spiro atoms. The highest BCUT2D eigenvalue weighted by molar-refractivity contribution is 6.23. The van der Waals surface area contributed by atoms with Crippen LogP contribution in [0.15, 0.2) is 60.8 Å². The Bertz CT molecular complexity index is 2540. The van der Waals surface area contributed by atoms with Crippen LogP contribution in [0.2, 0.25) is 0 Å². The van der Waals surface area contributed by atoms with Gasteiger partial charge >= 0.3 is 0 Å². The zero-order valence-corrected chi connectivity index (χ0v) is 33.5. The van der Waals surface area contributed by atoms with Crippen LogP contribution in [0.1, 0.15) is 62.2 Å². The summed E-state index contributed by atoms with van der Waals surface area (Å²) in [7, 11) is 1.90. The molecule has 1 unspecified atom stereocenters. The number of nitrogens with one attached hydrogen (secondary N) is 3. The fraction of sp³-hybridized carbons (Fsp3) is 0.386. The van der Waals surface area contributed by atoms with Gasteiger partial charge in [-0.1, -0.05) is 24.3 Å². The summed E-state index contributed by atoms with van der Waals surface area (Å²) >= 11 is 0. The molecule has 3 N–H and O–H groups in total. The van der Waals surface area contributed by atoms with Gasteiger partial charge in [-0.2, -0.15) is 10.1 Å². The van der Waals surface area contributed by atoms with Crippen LogP contribution in [0.5, 0.6) is 0 Å². The second kappa shape index (κ2) is 14.6. The SMILES string of the molecule is Cc1cccc(C)c1Nc1nn(C)c2nc(Nc3ccc4c(c3)CN(C3CN(C[C@@H]5CCN(c6ccc7c(c6)C(=O)N(C6CCC(=O)NC6=O)C7=O)C5)C3)CC4)ncc12. The van der Waals surface area contributed by atoms with Gasteiger partial charge in [-0.15, -0.1) is 0 Å². The number of amides is 4. The largest absolute Gasteiger partial charge is 0.371 e. The monoisotopic (exact) mass is 793 g/mol. The summed E-state index contributed by atoms with van der Waals surface area (Å²) in [5, 5.41) is 14.8. The third-order valence-corrected chi connectivity index (χ3v) is 12.9. The van der Waals surface area contributed by atoms with Crippen LogP contribution in [0.3, 0.4) is 0 Å². The Morgan fingerprint density at radius 2 is 1.66 bits per heavy atom. The quantitative estimate of drug-likeness (QED) is 0.181. The molecule has 15 heteroatoms. The van der Waals surface area contributed by atoms with Crippen LogP contribution in [-0.4, -0.2) is 109 Å². The number of fused-ring (bicyclic) bond motifs is 3. The first-order valence-electron chi connectivity index (χ1n) is 20.5. The number of hydrogen-bond donors (Lipinski definition) is 3. The molecule has 4 amide bonds. The number of carbonyl (C=O) groups is 4. The number of anilines is 5. The lowest BCUT2D eigenvalue weighted by molar-refractivity contribution is -0.136. The molecule has 302 valence electrons. The van der Waals surface area contributed by atoms with Crippen LogP contribution in [0, 0.1) is 19.8 Å². The van der Waals surface area contributed by atoms with Gasteiger partial charge in [-0.25, -0.2) is 9.67 Å². The van der Waals surface area contributed by atoms with Gasteiger partial charge in [0, 0.05) is 88.6 Å². The molecule has 2 aromatic heterocycles. The van der Waals surface area contributed by atoms with E-state index in [1.807, 2.05) is 19.3 Å². The normalized spacial score (nSPS) is 21.2. The lowest BCUT2D eigenvalue weighted by atomic mass is 9.95. The maximum atomic E-state index is 13.4. The Labute approximate surface area is 341 Å². The van der Waals surface area contributed by atoms with E-state index in [-0.39, 0.29) is 18.7 Å². The highest BCUT2D eigenvalue weighted by Gasteiger charge is 2.45. The Kier molecular flexibility index (Phi) is 9.16. The highest BCUT2D eigenvalue weighted by Crippen LogP contribution is 2.35. The van der Waals surface area contributed by atoms with E-state index in [1.165, 1.54) is 11.1 Å². The molecular formula is C44H47N11O4. The summed E-state index contributed by atoms with van der Waals surface area (Å²) in [6.45, 7) is 11.0. The van der Waals surface area contributed by atoms with Crippen molar-refractivity contribution in [2.45, 2.75) is 58.2 Å². The second-order valence-corrected chi connectivity index (χ2v) is 16.8. The van der Waals surface area contributed by atoms with Crippen molar-refractivity contribution in [1.29, 1.82) is 0 Å². The smallest absolute Gasteiger partial charge is 0.262 e. The maximum Gasteiger partial charge on any atom is 0.262 e. The molecule has 3 fully saturated rings. The van der Waals surface area contributed by atoms with E-state index in [0.717, 1.165) is 109 Å². The molecule has 0 aliphatic carbocycles. The van der Waals surface area contributed by atoms with Crippen molar-refractivity contribution < 1.29 is 19.2 Å². The predicted octanol–water partition coefficient (Wildman–Crippen LogP) is 4.44. The van der Waals surface area contributed by atoms with Gasteiger partial charge in [0.2, 0.25) is 17.8 Å². The lowest BCUT2D eigenvalue weighted by Crippen LogP contribution is -2.60. The molecule has 2 atom stereocenters. The van der Waals surface area contributed by atoms with Crippen LogP contribution < -0.4 is 20.9 Å². The standard InChI is InChI=1S/C44H47N11O4/c1-25-5-4-6-26(2)38(25)48-39-35-19-45-44(49-40(35)51(3)50-39)46-30-8-7-28-14-16-54(22-29(28)17-30)32-23-52(24-32)20-27-13-15-53(21-27)31-9-10-33-34(18-31)43(59)55(42(33)58)36-11-12-37(56)47-41(36)57/h4-10,17-19,27,32,36H,11-16,20-24H2,1-3H3,(H,48,50)(H,45,46,49)(H,47,56,57)/t27-,36?/m0/s1. The number of likely N-dealkylation sites (tertiary alicyclic amines) is 1. The van der Waals surface area contributed by atoms with Crippen molar-refractivity contribution in [3.05, 3.63) is 94.2 Å². The number of imide groups is 2. The number of hydrogen-bond acceptors (Lipinski definition) is 12. The first-order valence-corrected chi connectivity index (χ1v) is 20.5. The Balaban J connectivity index is 0.729. The molecule has 59 heavy (non-hydrogen) atoms. The molecular weight excluding hydrogens is 747 g/mol. The van der Waals surface area contributed by atoms with Crippen molar-refractivity contribution in [2.75, 3.05) is 54.8 Å². The van der Waals surface area contributed by atoms with E-state index in [0.29, 0.717) is 29.0 Å². The summed E-state index contributed by atoms with van der Waals surface area (Å²) in [6, 6.07) is 17.8. The van der Waals surface area contributed by atoms with Gasteiger partial charge in [0.15, 0.2) is 11.5 Å². The maximum absolute atomic E-state index is 13.4. The average Bonchev–Trinajstić information content (AvgIpc) is 3.88.